The van der Waals surface area contributed by atoms with Crippen molar-refractivity contribution in [3.63, 3.8) is 0 Å². The number of hydrogen-bond donors (Lipinski definition) is 1. The normalized spacial score (nSPS) is 33.1. The first-order valence-electron chi connectivity index (χ1n) is 5.79. The number of hydrogen-bond acceptors (Lipinski definition) is 2. The van der Waals surface area contributed by atoms with Gasteiger partial charge in [0.05, 0.1) is 0 Å². The van der Waals surface area contributed by atoms with Crippen LogP contribution in [0.15, 0.2) is 24.3 Å². The van der Waals surface area contributed by atoms with Gasteiger partial charge in [0.15, 0.2) is 0 Å². The van der Waals surface area contributed by atoms with Crippen LogP contribution < -0.4 is 0 Å². The van der Waals surface area contributed by atoms with Gasteiger partial charge in [0.2, 0.25) is 0 Å². The van der Waals surface area contributed by atoms with Crippen molar-refractivity contribution in [2.24, 2.45) is 11.8 Å². The molecule has 0 aromatic heterocycles. The third-order valence-electron chi connectivity index (χ3n) is 4.25. The maximum Gasteiger partial charge on any atom is 0.407 e. The number of rotatable bonds is 2. The predicted molar refractivity (Wildman–Crippen MR) is 65.8 cm³/mol. The van der Waals surface area contributed by atoms with Crippen LogP contribution in [0.1, 0.15) is 5.56 Å². The van der Waals surface area contributed by atoms with Crippen LogP contribution in [0.2, 0.25) is 5.02 Å². The number of benzene rings is 1. The van der Waals surface area contributed by atoms with Crippen LogP contribution in [0.25, 0.3) is 0 Å². The zero-order valence-corrected chi connectivity index (χ0v) is 10.3. The van der Waals surface area contributed by atoms with Gasteiger partial charge >= 0.3 is 6.09 Å². The summed E-state index contributed by atoms with van der Waals surface area (Å²) in [7, 11) is 0. The van der Waals surface area contributed by atoms with E-state index < -0.39 is 6.09 Å². The predicted octanol–water partition coefficient (Wildman–Crippen LogP) is 2.02. The first-order chi connectivity index (χ1) is 8.59. The monoisotopic (exact) mass is 265 g/mol. The maximum absolute atomic E-state index is 11.1. The van der Waals surface area contributed by atoms with E-state index in [1.54, 1.807) is 12.1 Å². The van der Waals surface area contributed by atoms with Crippen LogP contribution in [0.4, 0.5) is 4.79 Å². The first kappa shape index (κ1) is 11.5. The minimum absolute atomic E-state index is 0.0609. The van der Waals surface area contributed by atoms with Gasteiger partial charge in [0.1, 0.15) is 6.29 Å². The molecule has 1 saturated heterocycles. The van der Waals surface area contributed by atoms with Gasteiger partial charge in [-0.15, -0.1) is 0 Å². The lowest BCUT2D eigenvalue weighted by Crippen LogP contribution is -2.33. The van der Waals surface area contributed by atoms with Gasteiger partial charge in [-0.3, -0.25) is 0 Å². The van der Waals surface area contributed by atoms with Gasteiger partial charge in [0.25, 0.3) is 0 Å². The number of nitrogens with zero attached hydrogens (tertiary/aromatic N) is 1. The van der Waals surface area contributed by atoms with Crippen molar-refractivity contribution >= 4 is 24.0 Å². The third-order valence-corrected chi connectivity index (χ3v) is 4.50. The van der Waals surface area contributed by atoms with Crippen molar-refractivity contribution in [1.82, 2.24) is 4.90 Å². The smallest absolute Gasteiger partial charge is 0.407 e. The van der Waals surface area contributed by atoms with E-state index in [0.29, 0.717) is 18.1 Å². The van der Waals surface area contributed by atoms with Crippen molar-refractivity contribution in [1.29, 1.82) is 0 Å². The van der Waals surface area contributed by atoms with Crippen molar-refractivity contribution in [2.45, 2.75) is 5.41 Å². The summed E-state index contributed by atoms with van der Waals surface area (Å²) in [6, 6.07) is 7.35. The molecule has 1 aliphatic heterocycles. The maximum atomic E-state index is 11.1. The second-order valence-corrected chi connectivity index (χ2v) is 5.42. The lowest BCUT2D eigenvalue weighted by Gasteiger charge is -2.20. The average Bonchev–Trinajstić information content (AvgIpc) is 2.77. The topological polar surface area (TPSA) is 57.6 Å². The van der Waals surface area contributed by atoms with Crippen LogP contribution in [0.5, 0.6) is 0 Å². The molecule has 0 radical (unpaired) electrons. The number of likely N-dealkylation sites (tertiary alicyclic amines) is 1. The lowest BCUT2D eigenvalue weighted by molar-refractivity contribution is -0.109. The Balaban J connectivity index is 1.95. The largest absolute Gasteiger partial charge is 0.465 e. The summed E-state index contributed by atoms with van der Waals surface area (Å²) in [6.07, 6.45) is 0.0403. The Labute approximate surface area is 109 Å². The molecular weight excluding hydrogens is 254 g/mol. The second kappa shape index (κ2) is 3.72. The molecular formula is C13H12ClNO3. The number of carbonyl (C=O) groups excluding carboxylic acids is 1. The summed E-state index contributed by atoms with van der Waals surface area (Å²) < 4.78 is 0. The zero-order chi connectivity index (χ0) is 12.9. The van der Waals surface area contributed by atoms with Crippen LogP contribution in [-0.2, 0) is 10.2 Å². The fourth-order valence-corrected chi connectivity index (χ4v) is 3.41. The molecule has 2 fully saturated rings. The molecule has 1 heterocycles. The summed E-state index contributed by atoms with van der Waals surface area (Å²) in [4.78, 5) is 23.5. The van der Waals surface area contributed by atoms with E-state index in [1.165, 1.54) is 4.90 Å². The molecule has 4 nitrogen and oxygen atoms in total. The van der Waals surface area contributed by atoms with Gasteiger partial charge in [-0.2, -0.15) is 0 Å². The standard InChI is InChI=1S/C13H12ClNO3/c14-9-3-1-8(2-4-9)13-7-15(12(17)18)5-10(13)11(13)6-16/h1-4,6,10-11H,5,7H2,(H,17,18). The molecule has 0 spiro atoms. The van der Waals surface area contributed by atoms with E-state index in [2.05, 4.69) is 0 Å². The number of amides is 1. The van der Waals surface area contributed by atoms with Gasteiger partial charge in [-0.1, -0.05) is 23.7 Å². The Morgan fingerprint density at radius 1 is 1.44 bits per heavy atom. The summed E-state index contributed by atoms with van der Waals surface area (Å²) >= 11 is 5.85. The second-order valence-electron chi connectivity index (χ2n) is 4.98. The molecule has 0 bridgehead atoms. The zero-order valence-electron chi connectivity index (χ0n) is 9.54. The van der Waals surface area contributed by atoms with E-state index in [9.17, 15) is 9.59 Å². The molecule has 1 saturated carbocycles. The number of fused-ring (bicyclic) bond motifs is 1. The van der Waals surface area contributed by atoms with Crippen molar-refractivity contribution < 1.29 is 14.7 Å². The molecule has 94 valence electrons. The van der Waals surface area contributed by atoms with Crippen LogP contribution in [-0.4, -0.2) is 35.5 Å². The van der Waals surface area contributed by atoms with Gasteiger partial charge in [-0.25, -0.2) is 4.79 Å². The Bertz CT molecular complexity index is 515. The Kier molecular flexibility index (Phi) is 2.38. The summed E-state index contributed by atoms with van der Waals surface area (Å²) in [5.74, 6) is 0.0570. The fraction of sp³-hybridized carbons (Fsp3) is 0.385. The first-order valence-corrected chi connectivity index (χ1v) is 6.16. The molecule has 3 atom stereocenters. The number of carboxylic acid groups (broad SMARTS) is 1. The molecule has 5 heteroatoms. The fourth-order valence-electron chi connectivity index (χ4n) is 3.29. The highest BCUT2D eigenvalue weighted by Gasteiger charge is 2.70. The quantitative estimate of drug-likeness (QED) is 0.833. The molecule has 1 aliphatic carbocycles. The van der Waals surface area contributed by atoms with E-state index in [0.717, 1.165) is 11.8 Å². The molecule has 3 rings (SSSR count). The molecule has 3 unspecified atom stereocenters. The third kappa shape index (κ3) is 1.38. The minimum Gasteiger partial charge on any atom is -0.465 e. The average molecular weight is 266 g/mol. The Morgan fingerprint density at radius 2 is 2.11 bits per heavy atom. The summed E-state index contributed by atoms with van der Waals surface area (Å²) in [6.45, 7) is 0.847. The van der Waals surface area contributed by atoms with E-state index in [4.69, 9.17) is 16.7 Å². The van der Waals surface area contributed by atoms with Crippen LogP contribution in [0, 0.1) is 11.8 Å². The van der Waals surface area contributed by atoms with Crippen LogP contribution in [0.3, 0.4) is 0 Å². The SMILES string of the molecule is O=CC1C2CN(C(=O)O)CC12c1ccc(Cl)cc1. The van der Waals surface area contributed by atoms with Crippen LogP contribution >= 0.6 is 11.6 Å². The molecule has 1 aromatic carbocycles. The molecule has 1 amide bonds. The minimum atomic E-state index is -0.916. The molecule has 1 aromatic rings. The lowest BCUT2D eigenvalue weighted by atomic mass is 9.93. The van der Waals surface area contributed by atoms with Crippen molar-refractivity contribution in [2.75, 3.05) is 13.1 Å². The summed E-state index contributed by atoms with van der Waals surface area (Å²) in [5.41, 5.74) is 0.697. The van der Waals surface area contributed by atoms with E-state index >= 15 is 0 Å². The van der Waals surface area contributed by atoms with Gasteiger partial charge in [0, 0.05) is 29.4 Å². The molecule has 2 aliphatic rings. The Morgan fingerprint density at radius 3 is 2.67 bits per heavy atom. The highest BCUT2D eigenvalue weighted by Crippen LogP contribution is 2.63. The van der Waals surface area contributed by atoms with E-state index in [1.807, 2.05) is 12.1 Å². The highest BCUT2D eigenvalue weighted by atomic mass is 35.5. The highest BCUT2D eigenvalue weighted by molar-refractivity contribution is 6.30. The number of aldehydes is 1. The number of carbonyl (C=O) groups is 2. The van der Waals surface area contributed by atoms with Crippen molar-refractivity contribution in [3.05, 3.63) is 34.9 Å². The molecule has 18 heavy (non-hydrogen) atoms. The van der Waals surface area contributed by atoms with Gasteiger partial charge in [-0.05, 0) is 23.6 Å². The number of piperidine rings is 1. The van der Waals surface area contributed by atoms with E-state index in [-0.39, 0.29) is 17.3 Å². The number of halogens is 1. The molecule has 1 N–H and O–H groups in total. The Hall–Kier alpha value is -1.55. The van der Waals surface area contributed by atoms with Crippen molar-refractivity contribution in [3.8, 4) is 0 Å². The van der Waals surface area contributed by atoms with Gasteiger partial charge < -0.3 is 14.8 Å². The summed E-state index contributed by atoms with van der Waals surface area (Å²) in [5, 5.41) is 9.67.